The first-order valence-corrected chi connectivity index (χ1v) is 8.96. The van der Waals surface area contributed by atoms with Crippen LogP contribution < -0.4 is 4.74 Å². The highest BCUT2D eigenvalue weighted by molar-refractivity contribution is 5.59. The fourth-order valence-corrected chi connectivity index (χ4v) is 3.38. The Bertz CT molecular complexity index is 931. The van der Waals surface area contributed by atoms with Gasteiger partial charge in [-0.3, -0.25) is 4.68 Å². The monoisotopic (exact) mass is 372 g/mol. The molecule has 0 bridgehead atoms. The van der Waals surface area contributed by atoms with Gasteiger partial charge in [0, 0.05) is 25.0 Å². The van der Waals surface area contributed by atoms with E-state index < -0.39 is 0 Å². The highest BCUT2D eigenvalue weighted by Gasteiger charge is 2.24. The number of halogens is 1. The molecule has 27 heavy (non-hydrogen) atoms. The Morgan fingerprint density at radius 2 is 2.07 bits per heavy atom. The van der Waals surface area contributed by atoms with Gasteiger partial charge in [0.15, 0.2) is 6.61 Å². The highest BCUT2D eigenvalue weighted by atomic mass is 19.1. The molecule has 142 valence electrons. The molecule has 2 aromatic heterocycles. The third kappa shape index (κ3) is 3.71. The molecule has 0 radical (unpaired) electrons. The standard InChI is InChI=1S/C19H21FN4O3/c1-12-18(13(2)24(22-12)15-6-8-25-9-7-15)19-21-17(23-27-19)11-26-16-5-3-4-14(20)10-16/h3-5,10,15H,6-9,11H2,1-2H3. The maximum absolute atomic E-state index is 13.2. The van der Waals surface area contributed by atoms with E-state index in [4.69, 9.17) is 14.0 Å². The molecule has 3 heterocycles. The van der Waals surface area contributed by atoms with Gasteiger partial charge in [0.1, 0.15) is 11.6 Å². The quantitative estimate of drug-likeness (QED) is 0.681. The number of hydrogen-bond donors (Lipinski definition) is 0. The summed E-state index contributed by atoms with van der Waals surface area (Å²) < 4.78 is 31.7. The zero-order valence-electron chi connectivity index (χ0n) is 15.3. The summed E-state index contributed by atoms with van der Waals surface area (Å²) in [4.78, 5) is 4.42. The van der Waals surface area contributed by atoms with E-state index >= 15 is 0 Å². The molecule has 7 nitrogen and oxygen atoms in total. The number of rotatable bonds is 5. The Kier molecular flexibility index (Phi) is 4.89. The van der Waals surface area contributed by atoms with Crippen LogP contribution in [0.15, 0.2) is 28.8 Å². The number of aromatic nitrogens is 4. The van der Waals surface area contributed by atoms with Crippen molar-refractivity contribution >= 4 is 0 Å². The average molecular weight is 372 g/mol. The SMILES string of the molecule is Cc1nn(C2CCOCC2)c(C)c1-c1nc(COc2cccc(F)c2)no1. The normalized spacial score (nSPS) is 15.2. The number of nitrogens with zero attached hydrogens (tertiary/aromatic N) is 4. The molecule has 0 spiro atoms. The minimum absolute atomic E-state index is 0.0964. The van der Waals surface area contributed by atoms with Crippen LogP contribution in [0.1, 0.15) is 36.1 Å². The van der Waals surface area contributed by atoms with Crippen molar-refractivity contribution in [3.8, 4) is 17.2 Å². The van der Waals surface area contributed by atoms with Crippen molar-refractivity contribution in [1.29, 1.82) is 0 Å². The van der Waals surface area contributed by atoms with E-state index in [1.807, 2.05) is 18.5 Å². The summed E-state index contributed by atoms with van der Waals surface area (Å²) in [5.41, 5.74) is 2.70. The molecule has 0 N–H and O–H groups in total. The summed E-state index contributed by atoms with van der Waals surface area (Å²) in [7, 11) is 0. The van der Waals surface area contributed by atoms with Crippen LogP contribution in [0.2, 0.25) is 0 Å². The molecule has 0 amide bonds. The maximum Gasteiger partial charge on any atom is 0.261 e. The lowest BCUT2D eigenvalue weighted by molar-refractivity contribution is 0.0656. The summed E-state index contributed by atoms with van der Waals surface area (Å²) >= 11 is 0. The van der Waals surface area contributed by atoms with Gasteiger partial charge >= 0.3 is 0 Å². The second-order valence-electron chi connectivity index (χ2n) is 6.60. The number of hydrogen-bond acceptors (Lipinski definition) is 6. The molecule has 1 saturated heterocycles. The summed E-state index contributed by atoms with van der Waals surface area (Å²) in [6, 6.07) is 6.26. The minimum atomic E-state index is -0.354. The predicted molar refractivity (Wildman–Crippen MR) is 94.8 cm³/mol. The van der Waals surface area contributed by atoms with Crippen molar-refractivity contribution in [2.75, 3.05) is 13.2 Å². The van der Waals surface area contributed by atoms with Crippen molar-refractivity contribution in [3.05, 3.63) is 47.3 Å². The second-order valence-corrected chi connectivity index (χ2v) is 6.60. The molecule has 1 fully saturated rings. The lowest BCUT2D eigenvalue weighted by Gasteiger charge is -2.23. The first-order valence-electron chi connectivity index (χ1n) is 8.96. The summed E-state index contributed by atoms with van der Waals surface area (Å²) in [5, 5.41) is 8.66. The van der Waals surface area contributed by atoms with Crippen LogP contribution in [0.5, 0.6) is 5.75 Å². The molecule has 0 atom stereocenters. The van der Waals surface area contributed by atoms with Gasteiger partial charge in [-0.05, 0) is 38.8 Å². The Morgan fingerprint density at radius 3 is 2.85 bits per heavy atom. The fraction of sp³-hybridized carbons (Fsp3) is 0.421. The average Bonchev–Trinajstić information content (AvgIpc) is 3.25. The second kappa shape index (κ2) is 7.48. The van der Waals surface area contributed by atoms with E-state index in [0.29, 0.717) is 23.5 Å². The van der Waals surface area contributed by atoms with Crippen molar-refractivity contribution < 1.29 is 18.4 Å². The maximum atomic E-state index is 13.2. The molecule has 0 saturated carbocycles. The van der Waals surface area contributed by atoms with Crippen molar-refractivity contribution in [2.24, 2.45) is 0 Å². The summed E-state index contributed by atoms with van der Waals surface area (Å²) in [6.45, 7) is 5.54. The van der Waals surface area contributed by atoms with Crippen molar-refractivity contribution in [1.82, 2.24) is 19.9 Å². The fourth-order valence-electron chi connectivity index (χ4n) is 3.38. The molecular weight excluding hydrogens is 351 g/mol. The zero-order chi connectivity index (χ0) is 18.8. The van der Waals surface area contributed by atoms with Gasteiger partial charge in [0.25, 0.3) is 5.89 Å². The van der Waals surface area contributed by atoms with E-state index in [9.17, 15) is 4.39 Å². The van der Waals surface area contributed by atoms with E-state index in [1.165, 1.54) is 12.1 Å². The molecular formula is C19H21FN4O3. The van der Waals surface area contributed by atoms with Crippen LogP contribution in [0.3, 0.4) is 0 Å². The van der Waals surface area contributed by atoms with Gasteiger partial charge in [0.2, 0.25) is 5.82 Å². The first-order chi connectivity index (χ1) is 13.1. The molecule has 0 unspecified atom stereocenters. The van der Waals surface area contributed by atoms with Crippen LogP contribution in [0.25, 0.3) is 11.5 Å². The molecule has 3 aromatic rings. The lowest BCUT2D eigenvalue weighted by atomic mass is 10.1. The molecule has 0 aliphatic carbocycles. The summed E-state index contributed by atoms with van der Waals surface area (Å²) in [6.07, 6.45) is 1.88. The molecule has 8 heteroatoms. The predicted octanol–water partition coefficient (Wildman–Crippen LogP) is 3.62. The highest BCUT2D eigenvalue weighted by Crippen LogP contribution is 2.30. The van der Waals surface area contributed by atoms with Crippen LogP contribution in [0.4, 0.5) is 4.39 Å². The minimum Gasteiger partial charge on any atom is -0.485 e. The largest absolute Gasteiger partial charge is 0.485 e. The van der Waals surface area contributed by atoms with E-state index in [-0.39, 0.29) is 12.4 Å². The lowest BCUT2D eigenvalue weighted by Crippen LogP contribution is -2.21. The molecule has 1 aliphatic heterocycles. The molecule has 4 rings (SSSR count). The number of ether oxygens (including phenoxy) is 2. The van der Waals surface area contributed by atoms with Gasteiger partial charge in [-0.2, -0.15) is 10.1 Å². The Hall–Kier alpha value is -2.74. The van der Waals surface area contributed by atoms with Crippen molar-refractivity contribution in [3.63, 3.8) is 0 Å². The van der Waals surface area contributed by atoms with Gasteiger partial charge in [-0.15, -0.1) is 0 Å². The molecule has 1 aromatic carbocycles. The van der Waals surface area contributed by atoms with Gasteiger partial charge < -0.3 is 14.0 Å². The van der Waals surface area contributed by atoms with Crippen molar-refractivity contribution in [2.45, 2.75) is 39.3 Å². The topological polar surface area (TPSA) is 75.2 Å². The third-order valence-corrected chi connectivity index (χ3v) is 4.71. The third-order valence-electron chi connectivity index (χ3n) is 4.71. The molecule has 1 aliphatic rings. The van der Waals surface area contributed by atoms with E-state index in [1.54, 1.807) is 12.1 Å². The first kappa shape index (κ1) is 17.7. The van der Waals surface area contributed by atoms with Crippen LogP contribution in [0, 0.1) is 19.7 Å². The van der Waals surface area contributed by atoms with Crippen LogP contribution >= 0.6 is 0 Å². The van der Waals surface area contributed by atoms with Gasteiger partial charge in [0.05, 0.1) is 17.3 Å². The zero-order valence-corrected chi connectivity index (χ0v) is 15.3. The Labute approximate surface area is 156 Å². The number of benzene rings is 1. The van der Waals surface area contributed by atoms with Gasteiger partial charge in [-0.25, -0.2) is 4.39 Å². The van der Waals surface area contributed by atoms with Gasteiger partial charge in [-0.1, -0.05) is 11.2 Å². The number of aryl methyl sites for hydroxylation is 1. The van der Waals surface area contributed by atoms with Crippen LogP contribution in [-0.4, -0.2) is 33.1 Å². The Morgan fingerprint density at radius 1 is 1.26 bits per heavy atom. The Balaban J connectivity index is 1.52. The summed E-state index contributed by atoms with van der Waals surface area (Å²) in [5.74, 6) is 0.877. The smallest absolute Gasteiger partial charge is 0.261 e. The van der Waals surface area contributed by atoms with E-state index in [0.717, 1.165) is 43.0 Å². The van der Waals surface area contributed by atoms with E-state index in [2.05, 4.69) is 15.2 Å². The van der Waals surface area contributed by atoms with Crippen LogP contribution in [-0.2, 0) is 11.3 Å².